The van der Waals surface area contributed by atoms with Gasteiger partial charge in [0.1, 0.15) is 0 Å². The van der Waals surface area contributed by atoms with Crippen molar-refractivity contribution in [3.63, 3.8) is 0 Å². The van der Waals surface area contributed by atoms with Crippen LogP contribution in [0, 0.1) is 0 Å². The fourth-order valence-electron chi connectivity index (χ4n) is 1.17. The number of nitrogens with two attached hydrogens (primary N) is 1. The molecule has 8 heteroatoms. The molecule has 0 saturated carbocycles. The Hall–Kier alpha value is -1.08. The smallest absolute Gasteiger partial charge is 0.397 e. The SMILES string of the molecule is CS(C)=NC(=O)c1cc(C(F)(F)F)cc(Cl)c1N. The van der Waals surface area contributed by atoms with Crippen molar-refractivity contribution in [3.05, 3.63) is 28.3 Å². The number of benzene rings is 1. The summed E-state index contributed by atoms with van der Waals surface area (Å²) in [5.74, 6) is -0.797. The van der Waals surface area contributed by atoms with E-state index in [1.165, 1.54) is 0 Å². The van der Waals surface area contributed by atoms with Crippen LogP contribution in [-0.2, 0) is 16.9 Å². The van der Waals surface area contributed by atoms with Gasteiger partial charge >= 0.3 is 6.18 Å². The van der Waals surface area contributed by atoms with Crippen molar-refractivity contribution in [2.75, 3.05) is 18.2 Å². The summed E-state index contributed by atoms with van der Waals surface area (Å²) in [5, 5.41) is -0.310. The van der Waals surface area contributed by atoms with Gasteiger partial charge in [-0.1, -0.05) is 22.3 Å². The van der Waals surface area contributed by atoms with Gasteiger partial charge in [0.15, 0.2) is 0 Å². The molecule has 100 valence electrons. The van der Waals surface area contributed by atoms with Gasteiger partial charge in [-0.25, -0.2) is 0 Å². The van der Waals surface area contributed by atoms with Crippen molar-refractivity contribution < 1.29 is 18.0 Å². The summed E-state index contributed by atoms with van der Waals surface area (Å²) in [4.78, 5) is 11.6. The second-order valence-corrected chi connectivity index (χ2v) is 5.72. The largest absolute Gasteiger partial charge is 0.416 e. The number of carbonyl (C=O) groups is 1. The third-order valence-corrected chi connectivity index (χ3v) is 2.80. The summed E-state index contributed by atoms with van der Waals surface area (Å²) in [7, 11) is -0.593. The van der Waals surface area contributed by atoms with Crippen LogP contribution in [0.2, 0.25) is 5.02 Å². The Morgan fingerprint density at radius 2 is 1.94 bits per heavy atom. The third kappa shape index (κ3) is 3.46. The lowest BCUT2D eigenvalue weighted by Gasteiger charge is -2.11. The molecule has 0 atom stereocenters. The van der Waals surface area contributed by atoms with Crippen molar-refractivity contribution in [1.82, 2.24) is 0 Å². The molecule has 1 amide bonds. The van der Waals surface area contributed by atoms with Gasteiger partial charge in [0.25, 0.3) is 5.91 Å². The number of nitrogens with zero attached hydrogens (tertiary/aromatic N) is 1. The van der Waals surface area contributed by atoms with Crippen molar-refractivity contribution >= 4 is 33.9 Å². The average molecular weight is 299 g/mol. The number of hydrogen-bond donors (Lipinski definition) is 1. The van der Waals surface area contributed by atoms with Crippen LogP contribution in [0.15, 0.2) is 16.5 Å². The molecule has 0 unspecified atom stereocenters. The van der Waals surface area contributed by atoms with Crippen molar-refractivity contribution in [3.8, 4) is 0 Å². The van der Waals surface area contributed by atoms with Crippen LogP contribution in [0.5, 0.6) is 0 Å². The van der Waals surface area contributed by atoms with E-state index in [0.717, 1.165) is 0 Å². The standard InChI is InChI=1S/C10H10ClF3N2OS/c1-18(2)16-9(17)6-3-5(10(12,13)14)4-7(11)8(6)15/h3-4H,15H2,1-2H3. The van der Waals surface area contributed by atoms with E-state index in [2.05, 4.69) is 4.36 Å². The molecule has 0 saturated heterocycles. The number of alkyl halides is 3. The number of anilines is 1. The Morgan fingerprint density at radius 3 is 2.39 bits per heavy atom. The van der Waals surface area contributed by atoms with E-state index in [1.807, 2.05) is 0 Å². The van der Waals surface area contributed by atoms with Crippen LogP contribution in [-0.4, -0.2) is 18.4 Å². The van der Waals surface area contributed by atoms with E-state index in [1.54, 1.807) is 12.5 Å². The molecule has 0 aliphatic carbocycles. The summed E-state index contributed by atoms with van der Waals surface area (Å²) < 4.78 is 41.4. The first-order chi connectivity index (χ1) is 8.12. The molecule has 0 aliphatic rings. The van der Waals surface area contributed by atoms with E-state index in [-0.39, 0.29) is 16.3 Å². The summed E-state index contributed by atoms with van der Waals surface area (Å²) in [5.41, 5.74) is 3.96. The Labute approximate surface area is 109 Å². The molecule has 18 heavy (non-hydrogen) atoms. The molecule has 1 aromatic rings. The zero-order valence-corrected chi connectivity index (χ0v) is 11.1. The first-order valence-electron chi connectivity index (χ1n) is 4.63. The zero-order valence-electron chi connectivity index (χ0n) is 9.51. The third-order valence-electron chi connectivity index (χ3n) is 1.95. The molecular weight excluding hydrogens is 289 g/mol. The molecule has 0 spiro atoms. The number of hydrogen-bond acceptors (Lipinski definition) is 2. The van der Waals surface area contributed by atoms with E-state index in [9.17, 15) is 18.0 Å². The molecule has 1 aromatic carbocycles. The first kappa shape index (κ1) is 15.0. The molecule has 0 heterocycles. The lowest BCUT2D eigenvalue weighted by atomic mass is 10.1. The topological polar surface area (TPSA) is 55.5 Å². The van der Waals surface area contributed by atoms with Crippen LogP contribution in [0.25, 0.3) is 0 Å². The molecule has 0 aromatic heterocycles. The van der Waals surface area contributed by atoms with Crippen LogP contribution < -0.4 is 5.73 Å². The molecule has 1 rings (SSSR count). The molecule has 2 N–H and O–H groups in total. The summed E-state index contributed by atoms with van der Waals surface area (Å²) in [6, 6.07) is 1.35. The fourth-order valence-corrected chi connectivity index (χ4v) is 1.82. The minimum atomic E-state index is -4.59. The molecule has 0 bridgehead atoms. The van der Waals surface area contributed by atoms with Crippen LogP contribution >= 0.6 is 11.6 Å². The van der Waals surface area contributed by atoms with Gasteiger partial charge in [-0.05, 0) is 24.6 Å². The lowest BCUT2D eigenvalue weighted by molar-refractivity contribution is -0.137. The zero-order chi connectivity index (χ0) is 14.1. The van der Waals surface area contributed by atoms with Gasteiger partial charge in [0, 0.05) is 0 Å². The molecular formula is C10H10ClF3N2OS. The van der Waals surface area contributed by atoms with Crippen LogP contribution in [0.4, 0.5) is 18.9 Å². The Bertz CT molecular complexity index is 525. The Morgan fingerprint density at radius 1 is 1.39 bits per heavy atom. The maximum absolute atomic E-state index is 12.6. The quantitative estimate of drug-likeness (QED) is 0.810. The average Bonchev–Trinajstić information content (AvgIpc) is 2.18. The predicted molar refractivity (Wildman–Crippen MR) is 66.8 cm³/mol. The summed E-state index contributed by atoms with van der Waals surface area (Å²) in [6.45, 7) is 0. The normalized spacial score (nSPS) is 11.7. The molecule has 0 fully saturated rings. The van der Waals surface area contributed by atoms with Crippen LogP contribution in [0.1, 0.15) is 15.9 Å². The monoisotopic (exact) mass is 298 g/mol. The lowest BCUT2D eigenvalue weighted by Crippen LogP contribution is -2.10. The van der Waals surface area contributed by atoms with E-state index in [4.69, 9.17) is 17.3 Å². The Balaban J connectivity index is 3.40. The van der Waals surface area contributed by atoms with Crippen molar-refractivity contribution in [1.29, 1.82) is 0 Å². The number of nitrogen functional groups attached to an aromatic ring is 1. The van der Waals surface area contributed by atoms with Crippen molar-refractivity contribution in [2.24, 2.45) is 4.36 Å². The molecule has 0 radical (unpaired) electrons. The van der Waals surface area contributed by atoms with E-state index >= 15 is 0 Å². The number of amides is 1. The van der Waals surface area contributed by atoms with Crippen LogP contribution in [0.3, 0.4) is 0 Å². The van der Waals surface area contributed by atoms with Crippen molar-refractivity contribution in [2.45, 2.75) is 6.18 Å². The highest BCUT2D eigenvalue weighted by Crippen LogP contribution is 2.35. The van der Waals surface area contributed by atoms with Gasteiger partial charge in [-0.3, -0.25) is 4.79 Å². The first-order valence-corrected chi connectivity index (χ1v) is 7.00. The molecule has 0 aliphatic heterocycles. The highest BCUT2D eigenvalue weighted by Gasteiger charge is 2.32. The highest BCUT2D eigenvalue weighted by molar-refractivity contribution is 7.86. The maximum Gasteiger partial charge on any atom is 0.416 e. The minimum absolute atomic E-state index is 0.191. The fraction of sp³-hybridized carbons (Fsp3) is 0.300. The summed E-state index contributed by atoms with van der Waals surface area (Å²) in [6.07, 6.45) is -1.28. The van der Waals surface area contributed by atoms with Gasteiger partial charge < -0.3 is 5.73 Å². The van der Waals surface area contributed by atoms with E-state index < -0.39 is 28.3 Å². The maximum atomic E-state index is 12.6. The number of rotatable bonds is 1. The van der Waals surface area contributed by atoms with Gasteiger partial charge in [-0.2, -0.15) is 17.5 Å². The predicted octanol–water partition coefficient (Wildman–Crippen LogP) is 3.14. The number of carbonyl (C=O) groups excluding carboxylic acids is 1. The second-order valence-electron chi connectivity index (χ2n) is 3.59. The Kier molecular flexibility index (Phi) is 4.39. The number of halogens is 4. The summed E-state index contributed by atoms with van der Waals surface area (Å²) >= 11 is 5.59. The molecule has 3 nitrogen and oxygen atoms in total. The van der Waals surface area contributed by atoms with Gasteiger partial charge in [0.2, 0.25) is 0 Å². The second kappa shape index (κ2) is 5.27. The highest BCUT2D eigenvalue weighted by atomic mass is 35.5. The minimum Gasteiger partial charge on any atom is -0.397 e. The van der Waals surface area contributed by atoms with Gasteiger partial charge in [-0.15, -0.1) is 0 Å². The van der Waals surface area contributed by atoms with Gasteiger partial charge in [0.05, 0.1) is 21.8 Å². The van der Waals surface area contributed by atoms with E-state index in [0.29, 0.717) is 12.1 Å².